The molecule has 0 aliphatic rings. The van der Waals surface area contributed by atoms with Gasteiger partial charge in [-0.2, -0.15) is 0 Å². The molecule has 1 amide bonds. The Labute approximate surface area is 123 Å². The highest BCUT2D eigenvalue weighted by atomic mass is 16.5. The van der Waals surface area contributed by atoms with Crippen molar-refractivity contribution in [3.05, 3.63) is 53.5 Å². The van der Waals surface area contributed by atoms with Gasteiger partial charge in [-0.15, -0.1) is 0 Å². The van der Waals surface area contributed by atoms with E-state index in [4.69, 9.17) is 9.15 Å². The molecule has 1 atom stereocenters. The third kappa shape index (κ3) is 3.86. The lowest BCUT2D eigenvalue weighted by molar-refractivity contribution is 0.0887. The number of nitrogens with one attached hydrogen (secondary N) is 1. The number of furan rings is 1. The van der Waals surface area contributed by atoms with Crippen molar-refractivity contribution in [2.24, 2.45) is 0 Å². The minimum atomic E-state index is -0.777. The van der Waals surface area contributed by atoms with E-state index in [0.717, 1.165) is 17.9 Å². The van der Waals surface area contributed by atoms with Crippen LogP contribution in [-0.4, -0.2) is 24.7 Å². The standard InChI is InChI=1S/C16H19NO4/c1-3-12-8-9-15(21-12)16(19)17-10-14(18)11-4-6-13(20-2)7-5-11/h4-9,14,18H,3,10H2,1-2H3,(H,17,19). The Morgan fingerprint density at radius 1 is 1.29 bits per heavy atom. The molecule has 5 heteroatoms. The Morgan fingerprint density at radius 2 is 2.00 bits per heavy atom. The molecule has 0 saturated heterocycles. The molecule has 21 heavy (non-hydrogen) atoms. The summed E-state index contributed by atoms with van der Waals surface area (Å²) in [6.07, 6.45) is -0.0395. The predicted molar refractivity (Wildman–Crippen MR) is 78.4 cm³/mol. The number of aliphatic hydroxyl groups is 1. The molecule has 1 aromatic carbocycles. The van der Waals surface area contributed by atoms with Gasteiger partial charge >= 0.3 is 0 Å². The smallest absolute Gasteiger partial charge is 0.287 e. The van der Waals surface area contributed by atoms with Gasteiger partial charge in [0.05, 0.1) is 13.2 Å². The third-order valence-corrected chi connectivity index (χ3v) is 3.19. The van der Waals surface area contributed by atoms with E-state index in [9.17, 15) is 9.90 Å². The molecular weight excluding hydrogens is 270 g/mol. The highest BCUT2D eigenvalue weighted by molar-refractivity contribution is 5.91. The lowest BCUT2D eigenvalue weighted by Gasteiger charge is -2.12. The molecule has 0 radical (unpaired) electrons. The molecule has 1 aromatic heterocycles. The summed E-state index contributed by atoms with van der Waals surface area (Å²) in [5, 5.41) is 12.7. The summed E-state index contributed by atoms with van der Waals surface area (Å²) in [6.45, 7) is 2.07. The summed E-state index contributed by atoms with van der Waals surface area (Å²) in [7, 11) is 1.58. The molecule has 1 heterocycles. The molecule has 0 spiro atoms. The number of hydrogen-bond donors (Lipinski definition) is 2. The van der Waals surface area contributed by atoms with Crippen LogP contribution < -0.4 is 10.1 Å². The molecule has 5 nitrogen and oxygen atoms in total. The number of carbonyl (C=O) groups excluding carboxylic acids is 1. The van der Waals surface area contributed by atoms with Crippen LogP contribution in [0.5, 0.6) is 5.75 Å². The average molecular weight is 289 g/mol. The van der Waals surface area contributed by atoms with Crippen molar-refractivity contribution < 1.29 is 19.1 Å². The maximum Gasteiger partial charge on any atom is 0.287 e. The van der Waals surface area contributed by atoms with Gasteiger partial charge in [0.2, 0.25) is 0 Å². The van der Waals surface area contributed by atoms with Gasteiger partial charge in [-0.05, 0) is 29.8 Å². The number of aryl methyl sites for hydroxylation is 1. The van der Waals surface area contributed by atoms with E-state index in [1.54, 1.807) is 43.5 Å². The first-order valence-corrected chi connectivity index (χ1v) is 6.83. The second-order valence-corrected chi connectivity index (χ2v) is 4.62. The fraction of sp³-hybridized carbons (Fsp3) is 0.312. The van der Waals surface area contributed by atoms with Gasteiger partial charge in [0, 0.05) is 13.0 Å². The molecule has 2 rings (SSSR count). The van der Waals surface area contributed by atoms with Crippen molar-refractivity contribution in [1.82, 2.24) is 5.32 Å². The van der Waals surface area contributed by atoms with E-state index in [1.807, 2.05) is 6.92 Å². The minimum Gasteiger partial charge on any atom is -0.497 e. The van der Waals surface area contributed by atoms with Gasteiger partial charge in [0.1, 0.15) is 11.5 Å². The molecule has 2 N–H and O–H groups in total. The highest BCUT2D eigenvalue weighted by Gasteiger charge is 2.13. The van der Waals surface area contributed by atoms with Crippen molar-refractivity contribution in [3.8, 4) is 5.75 Å². The molecular formula is C16H19NO4. The van der Waals surface area contributed by atoms with Crippen molar-refractivity contribution in [3.63, 3.8) is 0 Å². The zero-order chi connectivity index (χ0) is 15.2. The molecule has 112 valence electrons. The Hall–Kier alpha value is -2.27. The lowest BCUT2D eigenvalue weighted by Crippen LogP contribution is -2.28. The quantitative estimate of drug-likeness (QED) is 0.856. The number of aliphatic hydroxyl groups excluding tert-OH is 1. The van der Waals surface area contributed by atoms with E-state index >= 15 is 0 Å². The van der Waals surface area contributed by atoms with Crippen molar-refractivity contribution in [1.29, 1.82) is 0 Å². The van der Waals surface area contributed by atoms with Crippen molar-refractivity contribution >= 4 is 5.91 Å². The number of ether oxygens (including phenoxy) is 1. The van der Waals surface area contributed by atoms with E-state index < -0.39 is 6.10 Å². The van der Waals surface area contributed by atoms with Gasteiger partial charge in [-0.1, -0.05) is 19.1 Å². The van der Waals surface area contributed by atoms with E-state index in [1.165, 1.54) is 0 Å². The first-order chi connectivity index (χ1) is 10.1. The molecule has 0 bridgehead atoms. The van der Waals surface area contributed by atoms with Crippen LogP contribution in [0.2, 0.25) is 0 Å². The molecule has 0 fully saturated rings. The normalized spacial score (nSPS) is 12.0. The van der Waals surface area contributed by atoms with Crippen LogP contribution in [0.3, 0.4) is 0 Å². The van der Waals surface area contributed by atoms with Gasteiger partial charge in [0.25, 0.3) is 5.91 Å². The fourth-order valence-electron chi connectivity index (χ4n) is 1.91. The van der Waals surface area contributed by atoms with Gasteiger partial charge < -0.3 is 19.6 Å². The molecule has 0 aliphatic carbocycles. The second kappa shape index (κ2) is 6.95. The molecule has 1 unspecified atom stereocenters. The van der Waals surface area contributed by atoms with Crippen LogP contribution in [0.1, 0.15) is 34.9 Å². The molecule has 0 saturated carbocycles. The topological polar surface area (TPSA) is 71.7 Å². The van der Waals surface area contributed by atoms with E-state index in [2.05, 4.69) is 5.32 Å². The van der Waals surface area contributed by atoms with Crippen LogP contribution in [0.15, 0.2) is 40.8 Å². The largest absolute Gasteiger partial charge is 0.497 e. The van der Waals surface area contributed by atoms with Crippen molar-refractivity contribution in [2.45, 2.75) is 19.4 Å². The number of benzene rings is 1. The minimum absolute atomic E-state index is 0.118. The zero-order valence-electron chi connectivity index (χ0n) is 12.1. The SMILES string of the molecule is CCc1ccc(C(=O)NCC(O)c2ccc(OC)cc2)o1. The summed E-state index contributed by atoms with van der Waals surface area (Å²) in [6, 6.07) is 10.5. The fourth-order valence-corrected chi connectivity index (χ4v) is 1.91. The Balaban J connectivity index is 1.90. The highest BCUT2D eigenvalue weighted by Crippen LogP contribution is 2.17. The summed E-state index contributed by atoms with van der Waals surface area (Å²) in [5.41, 5.74) is 0.713. The van der Waals surface area contributed by atoms with Crippen LogP contribution in [-0.2, 0) is 6.42 Å². The van der Waals surface area contributed by atoms with Crippen LogP contribution in [0, 0.1) is 0 Å². The summed E-state index contributed by atoms with van der Waals surface area (Å²) < 4.78 is 10.4. The van der Waals surface area contributed by atoms with Crippen LogP contribution >= 0.6 is 0 Å². The second-order valence-electron chi connectivity index (χ2n) is 4.62. The predicted octanol–water partition coefficient (Wildman–Crippen LogP) is 2.31. The Bertz CT molecular complexity index is 589. The van der Waals surface area contributed by atoms with Gasteiger partial charge in [-0.25, -0.2) is 0 Å². The first-order valence-electron chi connectivity index (χ1n) is 6.83. The number of carbonyl (C=O) groups is 1. The van der Waals surface area contributed by atoms with E-state index in [0.29, 0.717) is 5.56 Å². The number of rotatable bonds is 6. The van der Waals surface area contributed by atoms with E-state index in [-0.39, 0.29) is 18.2 Å². The zero-order valence-corrected chi connectivity index (χ0v) is 12.1. The first kappa shape index (κ1) is 15.1. The Kier molecular flexibility index (Phi) is 5.00. The third-order valence-electron chi connectivity index (χ3n) is 3.19. The molecule has 2 aromatic rings. The maximum atomic E-state index is 11.9. The van der Waals surface area contributed by atoms with Crippen molar-refractivity contribution in [2.75, 3.05) is 13.7 Å². The van der Waals surface area contributed by atoms with Crippen LogP contribution in [0.25, 0.3) is 0 Å². The Morgan fingerprint density at radius 3 is 2.57 bits per heavy atom. The number of amides is 1. The summed E-state index contributed by atoms with van der Waals surface area (Å²) in [4.78, 5) is 11.9. The average Bonchev–Trinajstić information content (AvgIpc) is 3.01. The number of hydrogen-bond acceptors (Lipinski definition) is 4. The van der Waals surface area contributed by atoms with Crippen LogP contribution in [0.4, 0.5) is 0 Å². The maximum absolute atomic E-state index is 11.9. The van der Waals surface area contributed by atoms with Gasteiger partial charge in [0.15, 0.2) is 5.76 Å². The van der Waals surface area contributed by atoms with Gasteiger partial charge in [-0.3, -0.25) is 4.79 Å². The monoisotopic (exact) mass is 289 g/mol. The summed E-state index contributed by atoms with van der Waals surface area (Å²) in [5.74, 6) is 1.41. The number of methoxy groups -OCH3 is 1. The lowest BCUT2D eigenvalue weighted by atomic mass is 10.1. The summed E-state index contributed by atoms with van der Waals surface area (Å²) >= 11 is 0. The molecule has 0 aliphatic heterocycles.